The number of carbonyl (C=O) groups excluding carboxylic acids is 1. The molecule has 5 heteroatoms. The fourth-order valence-electron chi connectivity index (χ4n) is 4.97. The van der Waals surface area contributed by atoms with Gasteiger partial charge in [-0.2, -0.15) is 0 Å². The first-order chi connectivity index (χ1) is 13.2. The molecule has 0 aromatic heterocycles. The van der Waals surface area contributed by atoms with E-state index in [-0.39, 0.29) is 30.4 Å². The van der Waals surface area contributed by atoms with Crippen LogP contribution in [0.25, 0.3) is 0 Å². The molecule has 3 aliphatic heterocycles. The highest BCUT2D eigenvalue weighted by atomic mass is 16.8. The molecule has 27 heavy (non-hydrogen) atoms. The lowest BCUT2D eigenvalue weighted by molar-refractivity contribution is -0.193. The first-order valence-corrected chi connectivity index (χ1v) is 9.54. The second kappa shape index (κ2) is 6.36. The monoisotopic (exact) mass is 365 g/mol. The summed E-state index contributed by atoms with van der Waals surface area (Å²) in [7, 11) is 1.43. The summed E-state index contributed by atoms with van der Waals surface area (Å²) in [4.78, 5) is 14.1. The van der Waals surface area contributed by atoms with Gasteiger partial charge in [0, 0.05) is 12.5 Å². The lowest BCUT2D eigenvalue weighted by Crippen LogP contribution is -2.46. The molecule has 2 aromatic carbocycles. The van der Waals surface area contributed by atoms with Gasteiger partial charge in [0.1, 0.15) is 12.2 Å². The molecule has 3 saturated heterocycles. The fraction of sp³-hybridized carbons (Fsp3) is 0.409. The highest BCUT2D eigenvalue weighted by Gasteiger charge is 2.65. The van der Waals surface area contributed by atoms with Crippen molar-refractivity contribution < 1.29 is 19.0 Å². The molecule has 2 bridgehead atoms. The van der Waals surface area contributed by atoms with Gasteiger partial charge in [0.05, 0.1) is 13.2 Å². The van der Waals surface area contributed by atoms with Crippen LogP contribution in [0, 0.1) is 0 Å². The summed E-state index contributed by atoms with van der Waals surface area (Å²) < 4.78 is 18.3. The van der Waals surface area contributed by atoms with Crippen LogP contribution in [-0.4, -0.2) is 36.0 Å². The van der Waals surface area contributed by atoms with E-state index in [0.29, 0.717) is 6.42 Å². The number of benzene rings is 2. The van der Waals surface area contributed by atoms with Crippen LogP contribution < -0.4 is 0 Å². The molecule has 5 nitrogen and oxygen atoms in total. The van der Waals surface area contributed by atoms with Crippen LogP contribution in [0.3, 0.4) is 0 Å². The predicted molar refractivity (Wildman–Crippen MR) is 98.9 cm³/mol. The Labute approximate surface area is 158 Å². The minimum Gasteiger partial charge on any atom is -0.453 e. The number of nitrogens with zero attached hydrogens (tertiary/aromatic N) is 1. The van der Waals surface area contributed by atoms with Crippen LogP contribution >= 0.6 is 0 Å². The average molecular weight is 365 g/mol. The van der Waals surface area contributed by atoms with Crippen molar-refractivity contribution in [1.29, 1.82) is 0 Å². The first-order valence-electron chi connectivity index (χ1n) is 9.54. The zero-order valence-electron chi connectivity index (χ0n) is 15.3. The number of hydrogen-bond donors (Lipinski definition) is 0. The summed E-state index contributed by atoms with van der Waals surface area (Å²) in [5.74, 6) is -0.766. The zero-order valence-corrected chi connectivity index (χ0v) is 15.3. The van der Waals surface area contributed by atoms with Crippen molar-refractivity contribution in [1.82, 2.24) is 4.90 Å². The van der Waals surface area contributed by atoms with E-state index in [1.807, 2.05) is 41.3 Å². The molecular formula is C22H23NO4. The van der Waals surface area contributed by atoms with Crippen molar-refractivity contribution in [3.05, 3.63) is 71.8 Å². The smallest absolute Gasteiger partial charge is 0.410 e. The van der Waals surface area contributed by atoms with Crippen LogP contribution in [0.4, 0.5) is 4.79 Å². The van der Waals surface area contributed by atoms with E-state index in [2.05, 4.69) is 24.3 Å². The Balaban J connectivity index is 1.52. The van der Waals surface area contributed by atoms with Crippen LogP contribution in [0.1, 0.15) is 42.6 Å². The number of amides is 1. The maximum atomic E-state index is 12.3. The van der Waals surface area contributed by atoms with E-state index >= 15 is 0 Å². The Hall–Kier alpha value is -2.37. The molecule has 3 fully saturated rings. The van der Waals surface area contributed by atoms with Crippen LogP contribution in [0.2, 0.25) is 0 Å². The lowest BCUT2D eigenvalue weighted by Gasteiger charge is -2.32. The molecule has 1 amide bonds. The number of ether oxygens (including phenoxy) is 3. The highest BCUT2D eigenvalue weighted by Crippen LogP contribution is 2.57. The Morgan fingerprint density at radius 3 is 2.04 bits per heavy atom. The van der Waals surface area contributed by atoms with E-state index in [0.717, 1.165) is 24.0 Å². The van der Waals surface area contributed by atoms with Gasteiger partial charge in [0.25, 0.3) is 0 Å². The molecule has 3 heterocycles. The molecule has 0 N–H and O–H groups in total. The molecular weight excluding hydrogens is 342 g/mol. The summed E-state index contributed by atoms with van der Waals surface area (Å²) in [6, 6.07) is 20.4. The van der Waals surface area contributed by atoms with E-state index in [1.54, 1.807) is 0 Å². The van der Waals surface area contributed by atoms with Crippen molar-refractivity contribution >= 4 is 6.09 Å². The Bertz CT molecular complexity index is 777. The largest absolute Gasteiger partial charge is 0.453 e. The summed E-state index contributed by atoms with van der Waals surface area (Å²) in [6.07, 6.45) is 1.86. The van der Waals surface area contributed by atoms with E-state index in [1.165, 1.54) is 7.11 Å². The van der Waals surface area contributed by atoms with E-state index < -0.39 is 5.79 Å². The first kappa shape index (κ1) is 16.8. The Morgan fingerprint density at radius 2 is 1.52 bits per heavy atom. The second-order valence-electron chi connectivity index (χ2n) is 7.54. The molecule has 0 aliphatic carbocycles. The SMILES string of the molecule is COC(=O)N1[C@H]2CC[C@@H]1C1(C2)O[C@H](c2ccccc2)[C@@H](c2ccccc2)O1. The number of fused-ring (bicyclic) bond motifs is 3. The van der Waals surface area contributed by atoms with Gasteiger partial charge < -0.3 is 14.2 Å². The van der Waals surface area contributed by atoms with Gasteiger partial charge in [-0.3, -0.25) is 4.90 Å². The van der Waals surface area contributed by atoms with Gasteiger partial charge in [-0.05, 0) is 24.0 Å². The summed E-state index contributed by atoms with van der Waals surface area (Å²) in [5, 5.41) is 0. The van der Waals surface area contributed by atoms with Gasteiger partial charge in [-0.25, -0.2) is 4.79 Å². The van der Waals surface area contributed by atoms with E-state index in [4.69, 9.17) is 14.2 Å². The molecule has 3 aliphatic rings. The van der Waals surface area contributed by atoms with Crippen LogP contribution in [0.15, 0.2) is 60.7 Å². The molecule has 4 atom stereocenters. The van der Waals surface area contributed by atoms with Gasteiger partial charge in [0.15, 0.2) is 5.79 Å². The number of rotatable bonds is 2. The lowest BCUT2D eigenvalue weighted by atomic mass is 9.94. The highest BCUT2D eigenvalue weighted by molar-refractivity contribution is 5.69. The van der Waals surface area contributed by atoms with E-state index in [9.17, 15) is 4.79 Å². The number of hydrogen-bond acceptors (Lipinski definition) is 4. The maximum Gasteiger partial charge on any atom is 0.410 e. The van der Waals surface area contributed by atoms with Crippen molar-refractivity contribution in [2.24, 2.45) is 0 Å². The van der Waals surface area contributed by atoms with Crippen molar-refractivity contribution in [2.45, 2.75) is 49.3 Å². The minimum atomic E-state index is -0.766. The van der Waals surface area contributed by atoms with Crippen molar-refractivity contribution in [2.75, 3.05) is 7.11 Å². The average Bonchev–Trinajstić information content (AvgIpc) is 3.40. The Kier molecular flexibility index (Phi) is 3.95. The zero-order chi connectivity index (χ0) is 18.4. The summed E-state index contributed by atoms with van der Waals surface area (Å²) >= 11 is 0. The maximum absolute atomic E-state index is 12.3. The Morgan fingerprint density at radius 1 is 0.963 bits per heavy atom. The van der Waals surface area contributed by atoms with Crippen molar-refractivity contribution in [3.8, 4) is 0 Å². The molecule has 140 valence electrons. The second-order valence-corrected chi connectivity index (χ2v) is 7.54. The minimum absolute atomic E-state index is 0.102. The van der Waals surface area contributed by atoms with Gasteiger partial charge in [-0.1, -0.05) is 60.7 Å². The summed E-state index contributed by atoms with van der Waals surface area (Å²) in [6.45, 7) is 0. The van der Waals surface area contributed by atoms with Crippen molar-refractivity contribution in [3.63, 3.8) is 0 Å². The van der Waals surface area contributed by atoms with Crippen LogP contribution in [-0.2, 0) is 14.2 Å². The molecule has 0 radical (unpaired) electrons. The third-order valence-corrected chi connectivity index (χ3v) is 6.10. The normalized spacial score (nSPS) is 30.8. The van der Waals surface area contributed by atoms with Gasteiger partial charge in [-0.15, -0.1) is 0 Å². The topological polar surface area (TPSA) is 48.0 Å². The molecule has 1 spiro atoms. The number of methoxy groups -OCH3 is 1. The van der Waals surface area contributed by atoms with Gasteiger partial charge >= 0.3 is 6.09 Å². The molecule has 0 unspecified atom stereocenters. The predicted octanol–water partition coefficient (Wildman–Crippen LogP) is 4.22. The third kappa shape index (κ3) is 2.57. The standard InChI is InChI=1S/C22H23NO4/c1-25-21(24)23-17-12-13-18(23)22(14-17)26-19(15-8-4-2-5-9-15)20(27-22)16-10-6-3-7-11-16/h2-11,17-20H,12-14H2,1H3/t17-,18+,19+,20+/m0/s1. The number of carbonyl (C=O) groups is 1. The van der Waals surface area contributed by atoms with Crippen LogP contribution in [0.5, 0.6) is 0 Å². The molecule has 2 aromatic rings. The summed E-state index contributed by atoms with van der Waals surface area (Å²) in [5.41, 5.74) is 2.19. The molecule has 0 saturated carbocycles. The quantitative estimate of drug-likeness (QED) is 0.800. The van der Waals surface area contributed by atoms with Gasteiger partial charge in [0.2, 0.25) is 0 Å². The third-order valence-electron chi connectivity index (χ3n) is 6.10. The molecule has 5 rings (SSSR count). The fourth-order valence-corrected chi connectivity index (χ4v) is 4.97.